The third-order valence-corrected chi connectivity index (χ3v) is 5.96. The number of rotatable bonds is 3. The van der Waals surface area contributed by atoms with Gasteiger partial charge < -0.3 is 4.42 Å². The fourth-order valence-corrected chi connectivity index (χ4v) is 4.42. The summed E-state index contributed by atoms with van der Waals surface area (Å²) >= 11 is 0. The number of benzene rings is 2. The van der Waals surface area contributed by atoms with Gasteiger partial charge in [-0.3, -0.25) is 14.5 Å². The second-order valence-electron chi connectivity index (χ2n) is 7.91. The van der Waals surface area contributed by atoms with Crippen LogP contribution in [0.5, 0.6) is 0 Å². The Bertz CT molecular complexity index is 1750. The van der Waals surface area contributed by atoms with Crippen molar-refractivity contribution >= 4 is 32.8 Å². The highest BCUT2D eigenvalue weighted by atomic mass is 16.3. The van der Waals surface area contributed by atoms with E-state index in [4.69, 9.17) is 19.4 Å². The zero-order valence-corrected chi connectivity index (χ0v) is 17.8. The van der Waals surface area contributed by atoms with Gasteiger partial charge in [0.1, 0.15) is 5.58 Å². The van der Waals surface area contributed by atoms with Gasteiger partial charge in [-0.2, -0.15) is 9.97 Å². The van der Waals surface area contributed by atoms with Crippen molar-refractivity contribution in [1.29, 1.82) is 0 Å². The van der Waals surface area contributed by atoms with Gasteiger partial charge in [-0.1, -0.05) is 18.2 Å². The number of pyridine rings is 2. The molecule has 0 fully saturated rings. The molecule has 0 aliphatic rings. The van der Waals surface area contributed by atoms with Crippen LogP contribution in [0.2, 0.25) is 0 Å². The van der Waals surface area contributed by atoms with Gasteiger partial charge in [0.15, 0.2) is 11.6 Å². The number of aromatic nitrogens is 6. The maximum Gasteiger partial charge on any atom is 0.238 e. The zero-order valence-electron chi connectivity index (χ0n) is 17.8. The van der Waals surface area contributed by atoms with Crippen molar-refractivity contribution in [3.05, 3.63) is 97.8 Å². The van der Waals surface area contributed by atoms with E-state index in [1.165, 1.54) is 0 Å². The largest absolute Gasteiger partial charge is 0.464 e. The van der Waals surface area contributed by atoms with E-state index in [1.807, 2.05) is 42.5 Å². The van der Waals surface area contributed by atoms with Gasteiger partial charge in [-0.05, 0) is 48.5 Å². The van der Waals surface area contributed by atoms with Crippen LogP contribution in [-0.2, 0) is 0 Å². The van der Waals surface area contributed by atoms with Crippen molar-refractivity contribution in [1.82, 2.24) is 29.5 Å². The summed E-state index contributed by atoms with van der Waals surface area (Å²) in [7, 11) is 0. The summed E-state index contributed by atoms with van der Waals surface area (Å²) in [5.41, 5.74) is 4.54. The van der Waals surface area contributed by atoms with Gasteiger partial charge in [0.2, 0.25) is 5.95 Å². The number of nitrogens with zero attached hydrogens (tertiary/aromatic N) is 6. The lowest BCUT2D eigenvalue weighted by atomic mass is 10.1. The normalized spacial score (nSPS) is 11.5. The molecule has 7 rings (SSSR count). The highest BCUT2D eigenvalue weighted by Gasteiger charge is 2.19. The van der Waals surface area contributed by atoms with Crippen molar-refractivity contribution in [2.75, 3.05) is 0 Å². The second-order valence-corrected chi connectivity index (χ2v) is 7.91. The monoisotopic (exact) mass is 440 g/mol. The molecule has 0 aliphatic heterocycles. The molecule has 34 heavy (non-hydrogen) atoms. The van der Waals surface area contributed by atoms with Crippen LogP contribution in [0.15, 0.2) is 102 Å². The topological polar surface area (TPSA) is 82.5 Å². The molecule has 5 heterocycles. The summed E-state index contributed by atoms with van der Waals surface area (Å²) in [5.74, 6) is 1.68. The minimum atomic E-state index is 0.533. The summed E-state index contributed by atoms with van der Waals surface area (Å²) in [6, 6.07) is 21.9. The Morgan fingerprint density at radius 2 is 1.29 bits per heavy atom. The molecule has 0 saturated carbocycles. The average molecular weight is 440 g/mol. The Morgan fingerprint density at radius 3 is 2.00 bits per heavy atom. The third kappa shape index (κ3) is 2.80. The molecule has 7 nitrogen and oxygen atoms in total. The molecule has 0 radical (unpaired) electrons. The minimum Gasteiger partial charge on any atom is -0.464 e. The lowest BCUT2D eigenvalue weighted by molar-refractivity contribution is 0.619. The molecule has 160 valence electrons. The van der Waals surface area contributed by atoms with Gasteiger partial charge in [0, 0.05) is 46.7 Å². The highest BCUT2D eigenvalue weighted by molar-refractivity contribution is 6.19. The van der Waals surface area contributed by atoms with Crippen LogP contribution in [0.4, 0.5) is 0 Å². The highest BCUT2D eigenvalue weighted by Crippen LogP contribution is 2.36. The van der Waals surface area contributed by atoms with Gasteiger partial charge in [0.25, 0.3) is 0 Å². The fourth-order valence-electron chi connectivity index (χ4n) is 4.42. The summed E-state index contributed by atoms with van der Waals surface area (Å²) in [6.07, 6.45) is 8.66. The lowest BCUT2D eigenvalue weighted by Gasteiger charge is -2.10. The average Bonchev–Trinajstić information content (AvgIpc) is 3.52. The molecule has 0 unspecified atom stereocenters. The van der Waals surface area contributed by atoms with Crippen molar-refractivity contribution in [3.63, 3.8) is 0 Å². The predicted octanol–water partition coefficient (Wildman–Crippen LogP) is 5.84. The van der Waals surface area contributed by atoms with E-state index in [-0.39, 0.29) is 0 Å². The Morgan fingerprint density at radius 1 is 0.618 bits per heavy atom. The number of para-hydroxylation sites is 1. The van der Waals surface area contributed by atoms with E-state index < -0.39 is 0 Å². The fraction of sp³-hybridized carbons (Fsp3) is 0. The van der Waals surface area contributed by atoms with Crippen LogP contribution in [-0.4, -0.2) is 29.5 Å². The van der Waals surface area contributed by atoms with Crippen LogP contribution in [0.1, 0.15) is 0 Å². The van der Waals surface area contributed by atoms with Gasteiger partial charge in [0.05, 0.1) is 22.7 Å². The van der Waals surface area contributed by atoms with Crippen LogP contribution in [0.25, 0.3) is 61.5 Å². The Balaban J connectivity index is 1.59. The number of hydrogen-bond acceptors (Lipinski definition) is 6. The van der Waals surface area contributed by atoms with Crippen molar-refractivity contribution in [2.45, 2.75) is 0 Å². The Kier molecular flexibility index (Phi) is 4.01. The first-order valence-electron chi connectivity index (χ1n) is 10.8. The van der Waals surface area contributed by atoms with Gasteiger partial charge in [-0.25, -0.2) is 4.98 Å². The summed E-state index contributed by atoms with van der Waals surface area (Å²) in [4.78, 5) is 22.9. The van der Waals surface area contributed by atoms with Crippen LogP contribution >= 0.6 is 0 Å². The molecule has 0 saturated heterocycles. The van der Waals surface area contributed by atoms with Gasteiger partial charge in [-0.15, -0.1) is 0 Å². The van der Waals surface area contributed by atoms with E-state index in [1.54, 1.807) is 31.1 Å². The van der Waals surface area contributed by atoms with E-state index in [9.17, 15) is 0 Å². The maximum atomic E-state index is 5.89. The Labute approximate surface area is 193 Å². The summed E-state index contributed by atoms with van der Waals surface area (Å²) in [5, 5.41) is 3.17. The SMILES string of the molecule is c1ccc2c(c1)c1c3occc3ccc1n2-c1nc(-c2ccncc2)nc(-c2ccncc2)n1. The molecule has 7 heteroatoms. The second kappa shape index (κ2) is 7.31. The molecule has 7 aromatic rings. The smallest absolute Gasteiger partial charge is 0.238 e. The van der Waals surface area contributed by atoms with Crippen molar-refractivity contribution in [3.8, 4) is 28.7 Å². The van der Waals surface area contributed by atoms with E-state index in [0.29, 0.717) is 17.6 Å². The van der Waals surface area contributed by atoms with Crippen LogP contribution in [0.3, 0.4) is 0 Å². The van der Waals surface area contributed by atoms with E-state index in [0.717, 1.165) is 43.9 Å². The molecular formula is C27H16N6O. The third-order valence-electron chi connectivity index (χ3n) is 5.96. The van der Waals surface area contributed by atoms with Gasteiger partial charge >= 0.3 is 0 Å². The van der Waals surface area contributed by atoms with E-state index >= 15 is 0 Å². The molecule has 0 atom stereocenters. The van der Waals surface area contributed by atoms with E-state index in [2.05, 4.69) is 38.8 Å². The minimum absolute atomic E-state index is 0.533. The number of hydrogen-bond donors (Lipinski definition) is 0. The first kappa shape index (κ1) is 18.6. The molecule has 0 bridgehead atoms. The van der Waals surface area contributed by atoms with Crippen LogP contribution < -0.4 is 0 Å². The summed E-state index contributed by atoms with van der Waals surface area (Å²) < 4.78 is 7.97. The molecule has 2 aromatic carbocycles. The van der Waals surface area contributed by atoms with Crippen LogP contribution in [0, 0.1) is 0 Å². The maximum absolute atomic E-state index is 5.89. The molecular weight excluding hydrogens is 424 g/mol. The molecule has 0 N–H and O–H groups in total. The first-order chi connectivity index (χ1) is 16.9. The molecule has 5 aromatic heterocycles. The first-order valence-corrected chi connectivity index (χ1v) is 10.8. The van der Waals surface area contributed by atoms with Crippen molar-refractivity contribution < 1.29 is 4.42 Å². The quantitative estimate of drug-likeness (QED) is 0.343. The molecule has 0 amide bonds. The zero-order chi connectivity index (χ0) is 22.5. The molecule has 0 spiro atoms. The van der Waals surface area contributed by atoms with Crippen molar-refractivity contribution in [2.24, 2.45) is 0 Å². The predicted molar refractivity (Wildman–Crippen MR) is 130 cm³/mol. The lowest BCUT2D eigenvalue weighted by Crippen LogP contribution is -2.06. The number of fused-ring (bicyclic) bond motifs is 5. The standard InChI is InChI=1S/C27H16N6O/c1-2-4-21-20(3-1)23-22(6-5-17-11-16-34-24(17)23)33(21)27-31-25(18-7-12-28-13-8-18)30-26(32-27)19-9-14-29-15-10-19/h1-16H. The Hall–Kier alpha value is -4.91. The summed E-state index contributed by atoms with van der Waals surface area (Å²) in [6.45, 7) is 0. The molecule has 0 aliphatic carbocycles. The number of furan rings is 1.